The van der Waals surface area contributed by atoms with Crippen molar-refractivity contribution in [1.82, 2.24) is 0 Å². The van der Waals surface area contributed by atoms with E-state index in [2.05, 4.69) is 24.8 Å². The Morgan fingerprint density at radius 1 is 1.70 bits per heavy atom. The van der Waals surface area contributed by atoms with Gasteiger partial charge in [-0.2, -0.15) is 0 Å². The van der Waals surface area contributed by atoms with Gasteiger partial charge in [-0.1, -0.05) is 11.8 Å². The number of rotatable bonds is 0. The summed E-state index contributed by atoms with van der Waals surface area (Å²) in [6.07, 6.45) is 0. The van der Waals surface area contributed by atoms with Gasteiger partial charge < -0.3 is 0 Å². The lowest BCUT2D eigenvalue weighted by atomic mass is 10.3. The molecule has 1 rings (SSSR count). The van der Waals surface area contributed by atoms with Crippen LogP contribution in [0.1, 0.15) is 10.4 Å². The first-order valence-corrected chi connectivity index (χ1v) is 4.34. The molecule has 10 heavy (non-hydrogen) atoms. The third-order valence-corrected chi connectivity index (χ3v) is 2.03. The predicted octanol–water partition coefficient (Wildman–Crippen LogP) is 2.65. The molecule has 0 aliphatic rings. The summed E-state index contributed by atoms with van der Waals surface area (Å²) in [5.74, 6) is 6.16. The lowest BCUT2D eigenvalue weighted by Gasteiger charge is -1.73. The summed E-state index contributed by atoms with van der Waals surface area (Å²) in [4.78, 5) is 1.29. The third kappa shape index (κ3) is 2.06. The minimum absolute atomic E-state index is 0.412. The molecular formula is C8H7ClS. The van der Waals surface area contributed by atoms with E-state index in [-0.39, 0.29) is 0 Å². The Labute approximate surface area is 69.8 Å². The number of alkyl halides is 1. The smallest absolute Gasteiger partial charge is 0.0839 e. The SMILES string of the molecule is Cc1cc(C#CCCl)cs1. The summed E-state index contributed by atoms with van der Waals surface area (Å²) in [6, 6.07) is 2.06. The second-order valence-corrected chi connectivity index (χ2v) is 3.26. The summed E-state index contributed by atoms with van der Waals surface area (Å²) >= 11 is 7.10. The zero-order valence-electron chi connectivity index (χ0n) is 5.65. The van der Waals surface area contributed by atoms with Gasteiger partial charge in [0.2, 0.25) is 0 Å². The van der Waals surface area contributed by atoms with E-state index in [1.807, 2.05) is 5.38 Å². The molecule has 1 aromatic rings. The molecule has 0 radical (unpaired) electrons. The Morgan fingerprint density at radius 2 is 2.50 bits per heavy atom. The van der Waals surface area contributed by atoms with Crippen molar-refractivity contribution in [3.05, 3.63) is 21.9 Å². The molecule has 0 spiro atoms. The minimum Gasteiger partial charge on any atom is -0.148 e. The maximum atomic E-state index is 5.39. The number of aryl methyl sites for hydroxylation is 1. The Bertz CT molecular complexity index is 264. The monoisotopic (exact) mass is 170 g/mol. The van der Waals surface area contributed by atoms with Gasteiger partial charge in [0.25, 0.3) is 0 Å². The van der Waals surface area contributed by atoms with Crippen LogP contribution in [0.4, 0.5) is 0 Å². The normalized spacial score (nSPS) is 8.60. The topological polar surface area (TPSA) is 0 Å². The van der Waals surface area contributed by atoms with Gasteiger partial charge in [-0.05, 0) is 13.0 Å². The van der Waals surface area contributed by atoms with Gasteiger partial charge >= 0.3 is 0 Å². The highest BCUT2D eigenvalue weighted by Crippen LogP contribution is 2.11. The lowest BCUT2D eigenvalue weighted by molar-refractivity contribution is 1.62. The average Bonchev–Trinajstić information content (AvgIpc) is 2.31. The third-order valence-electron chi connectivity index (χ3n) is 1.03. The van der Waals surface area contributed by atoms with Crippen LogP contribution in [0.25, 0.3) is 0 Å². The number of hydrogen-bond donors (Lipinski definition) is 0. The fourth-order valence-corrected chi connectivity index (χ4v) is 1.35. The summed E-state index contributed by atoms with van der Waals surface area (Å²) < 4.78 is 0. The molecule has 0 bridgehead atoms. The number of hydrogen-bond acceptors (Lipinski definition) is 1. The highest BCUT2D eigenvalue weighted by atomic mass is 35.5. The fraction of sp³-hybridized carbons (Fsp3) is 0.250. The van der Waals surface area contributed by atoms with Crippen LogP contribution in [0.3, 0.4) is 0 Å². The molecule has 0 nitrogen and oxygen atoms in total. The summed E-state index contributed by atoms with van der Waals surface area (Å²) in [5, 5.41) is 2.04. The molecule has 0 atom stereocenters. The van der Waals surface area contributed by atoms with E-state index in [1.165, 1.54) is 4.88 Å². The average molecular weight is 171 g/mol. The standard InChI is InChI=1S/C8H7ClS/c1-7-5-8(6-10-7)3-2-4-9/h5-6H,4H2,1H3. The van der Waals surface area contributed by atoms with Crippen molar-refractivity contribution in [1.29, 1.82) is 0 Å². The Balaban J connectivity index is 2.76. The Morgan fingerprint density at radius 3 is 3.00 bits per heavy atom. The number of halogens is 1. The molecule has 0 aliphatic carbocycles. The van der Waals surface area contributed by atoms with Gasteiger partial charge in [0.15, 0.2) is 0 Å². The highest BCUT2D eigenvalue weighted by molar-refractivity contribution is 7.10. The van der Waals surface area contributed by atoms with Crippen molar-refractivity contribution in [3.63, 3.8) is 0 Å². The Kier molecular flexibility index (Phi) is 2.80. The fourth-order valence-electron chi connectivity index (χ4n) is 0.644. The summed E-state index contributed by atoms with van der Waals surface area (Å²) in [5.41, 5.74) is 1.07. The van der Waals surface area contributed by atoms with Gasteiger partial charge in [-0.3, -0.25) is 0 Å². The van der Waals surface area contributed by atoms with Crippen LogP contribution in [0, 0.1) is 18.8 Å². The van der Waals surface area contributed by atoms with E-state index < -0.39 is 0 Å². The van der Waals surface area contributed by atoms with Gasteiger partial charge in [-0.15, -0.1) is 22.9 Å². The maximum Gasteiger partial charge on any atom is 0.0839 e. The summed E-state index contributed by atoms with van der Waals surface area (Å²) in [7, 11) is 0. The Hall–Kier alpha value is -0.450. The second kappa shape index (κ2) is 3.65. The summed E-state index contributed by atoms with van der Waals surface area (Å²) in [6.45, 7) is 2.07. The molecule has 0 saturated carbocycles. The predicted molar refractivity (Wildman–Crippen MR) is 46.7 cm³/mol. The molecule has 0 aromatic carbocycles. The van der Waals surface area contributed by atoms with E-state index in [1.54, 1.807) is 11.3 Å². The van der Waals surface area contributed by atoms with E-state index in [0.29, 0.717) is 5.88 Å². The first-order valence-electron chi connectivity index (χ1n) is 2.93. The van der Waals surface area contributed by atoms with Crippen LogP contribution in [-0.2, 0) is 0 Å². The van der Waals surface area contributed by atoms with Gasteiger partial charge in [0.1, 0.15) is 0 Å². The van der Waals surface area contributed by atoms with Crippen molar-refractivity contribution in [3.8, 4) is 11.8 Å². The van der Waals surface area contributed by atoms with Crippen LogP contribution < -0.4 is 0 Å². The molecular weight excluding hydrogens is 164 g/mol. The minimum atomic E-state index is 0.412. The van der Waals surface area contributed by atoms with E-state index in [4.69, 9.17) is 11.6 Å². The van der Waals surface area contributed by atoms with Gasteiger partial charge in [0, 0.05) is 15.8 Å². The van der Waals surface area contributed by atoms with Crippen LogP contribution in [0.15, 0.2) is 11.4 Å². The second-order valence-electron chi connectivity index (χ2n) is 1.88. The largest absolute Gasteiger partial charge is 0.148 e. The maximum absolute atomic E-state index is 5.39. The molecule has 0 amide bonds. The molecule has 1 heterocycles. The van der Waals surface area contributed by atoms with Crippen molar-refractivity contribution in [2.45, 2.75) is 6.92 Å². The molecule has 0 fully saturated rings. The van der Waals surface area contributed by atoms with E-state index >= 15 is 0 Å². The molecule has 1 aromatic heterocycles. The van der Waals surface area contributed by atoms with Crippen LogP contribution in [-0.4, -0.2) is 5.88 Å². The van der Waals surface area contributed by atoms with Crippen molar-refractivity contribution < 1.29 is 0 Å². The van der Waals surface area contributed by atoms with E-state index in [9.17, 15) is 0 Å². The highest BCUT2D eigenvalue weighted by Gasteiger charge is 1.88. The molecule has 0 aliphatic heterocycles. The molecule has 2 heteroatoms. The zero-order valence-corrected chi connectivity index (χ0v) is 7.22. The van der Waals surface area contributed by atoms with Crippen LogP contribution in [0.5, 0.6) is 0 Å². The van der Waals surface area contributed by atoms with Crippen molar-refractivity contribution in [2.24, 2.45) is 0 Å². The zero-order chi connectivity index (χ0) is 7.40. The van der Waals surface area contributed by atoms with Gasteiger partial charge in [0.05, 0.1) is 5.88 Å². The van der Waals surface area contributed by atoms with Crippen LogP contribution in [0.2, 0.25) is 0 Å². The molecule has 0 saturated heterocycles. The van der Waals surface area contributed by atoms with Crippen molar-refractivity contribution >= 4 is 22.9 Å². The van der Waals surface area contributed by atoms with Crippen molar-refractivity contribution in [2.75, 3.05) is 5.88 Å². The number of thiophene rings is 1. The molecule has 0 N–H and O–H groups in total. The quantitative estimate of drug-likeness (QED) is 0.415. The molecule has 0 unspecified atom stereocenters. The molecule has 52 valence electrons. The first kappa shape index (κ1) is 7.65. The van der Waals surface area contributed by atoms with Crippen LogP contribution >= 0.6 is 22.9 Å². The first-order chi connectivity index (χ1) is 4.83. The lowest BCUT2D eigenvalue weighted by Crippen LogP contribution is -1.64. The van der Waals surface area contributed by atoms with Gasteiger partial charge in [-0.25, -0.2) is 0 Å². The van der Waals surface area contributed by atoms with E-state index in [0.717, 1.165) is 5.56 Å².